The Balaban J connectivity index is 1.63. The second kappa shape index (κ2) is 9.39. The smallest absolute Gasteiger partial charge is 0.288 e. The molecule has 34 heavy (non-hydrogen) atoms. The van der Waals surface area contributed by atoms with E-state index in [0.29, 0.717) is 11.6 Å². The van der Waals surface area contributed by atoms with Crippen molar-refractivity contribution >= 4 is 26.7 Å². The van der Waals surface area contributed by atoms with E-state index in [-0.39, 0.29) is 30.2 Å². The van der Waals surface area contributed by atoms with Crippen molar-refractivity contribution in [3.8, 4) is 0 Å². The maximum atomic E-state index is 14.9. The summed E-state index contributed by atoms with van der Waals surface area (Å²) in [4.78, 5) is 4.31. The molecule has 3 aromatic rings. The number of anilines is 1. The van der Waals surface area contributed by atoms with Gasteiger partial charge in [-0.1, -0.05) is 36.4 Å². The largest absolute Gasteiger partial charge is 0.412 e. The molecule has 0 unspecified atom stereocenters. The van der Waals surface area contributed by atoms with Gasteiger partial charge in [0, 0.05) is 41.8 Å². The van der Waals surface area contributed by atoms with Gasteiger partial charge in [-0.15, -0.1) is 0 Å². The summed E-state index contributed by atoms with van der Waals surface area (Å²) in [6.07, 6.45) is -2.72. The standard InChI is InChI=1S/C21H17F5N4O2S2/c22-16-10-19(34(31,32)29-20-27-12-28-33-20)17(23)8-14(16)11-30-7-6-15(21(24,25)26)9-18(30)13-4-2-1-3-5-13/h1-6,8,10,12,18H,7,9,11H2,(H,27,28,29)/t18-/m0/s1. The van der Waals surface area contributed by atoms with E-state index in [1.165, 1.54) is 0 Å². The van der Waals surface area contributed by atoms with Crippen LogP contribution in [0, 0.1) is 11.6 Å². The highest BCUT2D eigenvalue weighted by Gasteiger charge is 2.39. The lowest BCUT2D eigenvalue weighted by atomic mass is 9.93. The van der Waals surface area contributed by atoms with E-state index in [0.717, 1.165) is 30.0 Å². The predicted octanol–water partition coefficient (Wildman–Crippen LogP) is 5.05. The van der Waals surface area contributed by atoms with Crippen molar-refractivity contribution in [2.24, 2.45) is 0 Å². The van der Waals surface area contributed by atoms with Crippen LogP contribution in [0.3, 0.4) is 0 Å². The molecule has 0 saturated carbocycles. The van der Waals surface area contributed by atoms with Gasteiger partial charge in [-0.3, -0.25) is 9.62 Å². The van der Waals surface area contributed by atoms with Crippen LogP contribution in [-0.4, -0.2) is 35.4 Å². The van der Waals surface area contributed by atoms with Gasteiger partial charge in [-0.25, -0.2) is 22.2 Å². The summed E-state index contributed by atoms with van der Waals surface area (Å²) in [6.45, 7) is -0.373. The zero-order chi connectivity index (χ0) is 24.5. The van der Waals surface area contributed by atoms with Gasteiger partial charge in [0.2, 0.25) is 5.13 Å². The molecule has 4 rings (SSSR count). The molecule has 0 aliphatic carbocycles. The number of sulfonamides is 1. The average molecular weight is 517 g/mol. The number of nitrogens with one attached hydrogen (secondary N) is 1. The summed E-state index contributed by atoms with van der Waals surface area (Å²) >= 11 is 0.721. The summed E-state index contributed by atoms with van der Waals surface area (Å²) in [7, 11) is -4.47. The lowest BCUT2D eigenvalue weighted by Gasteiger charge is -2.36. The van der Waals surface area contributed by atoms with Crippen LogP contribution < -0.4 is 4.72 Å². The molecule has 2 aromatic carbocycles. The zero-order valence-electron chi connectivity index (χ0n) is 17.3. The second-order valence-electron chi connectivity index (χ2n) is 7.51. The predicted molar refractivity (Wildman–Crippen MR) is 115 cm³/mol. The average Bonchev–Trinajstić information content (AvgIpc) is 3.28. The van der Waals surface area contributed by atoms with E-state index in [1.54, 1.807) is 35.2 Å². The van der Waals surface area contributed by atoms with Crippen LogP contribution in [0.1, 0.15) is 23.6 Å². The topological polar surface area (TPSA) is 75.2 Å². The maximum Gasteiger partial charge on any atom is 0.412 e. The van der Waals surface area contributed by atoms with Crippen LogP contribution in [0.25, 0.3) is 0 Å². The first-order valence-electron chi connectivity index (χ1n) is 9.87. The minimum Gasteiger partial charge on any atom is -0.288 e. The molecule has 0 radical (unpaired) electrons. The van der Waals surface area contributed by atoms with Crippen molar-refractivity contribution in [1.82, 2.24) is 14.3 Å². The first-order valence-corrected chi connectivity index (χ1v) is 12.1. The maximum absolute atomic E-state index is 14.9. The number of aromatic nitrogens is 2. The Morgan fingerprint density at radius 1 is 1.12 bits per heavy atom. The van der Waals surface area contributed by atoms with Crippen LogP contribution in [0.5, 0.6) is 0 Å². The highest BCUT2D eigenvalue weighted by molar-refractivity contribution is 7.93. The number of hydrogen-bond acceptors (Lipinski definition) is 6. The van der Waals surface area contributed by atoms with E-state index in [9.17, 15) is 30.4 Å². The minimum absolute atomic E-state index is 0.116. The molecule has 1 aromatic heterocycles. The molecule has 0 spiro atoms. The molecular weight excluding hydrogens is 499 g/mol. The van der Waals surface area contributed by atoms with Crippen LogP contribution in [0.2, 0.25) is 0 Å². The van der Waals surface area contributed by atoms with Gasteiger partial charge in [0.15, 0.2) is 0 Å². The van der Waals surface area contributed by atoms with Crippen molar-refractivity contribution in [2.45, 2.75) is 30.1 Å². The molecule has 0 fully saturated rings. The number of halogens is 5. The van der Waals surface area contributed by atoms with Crippen molar-refractivity contribution in [3.63, 3.8) is 0 Å². The Kier molecular flexibility index (Phi) is 6.69. The number of benzene rings is 2. The highest BCUT2D eigenvalue weighted by Crippen LogP contribution is 2.39. The Morgan fingerprint density at radius 3 is 2.50 bits per heavy atom. The van der Waals surface area contributed by atoms with Gasteiger partial charge < -0.3 is 0 Å². The fraction of sp³-hybridized carbons (Fsp3) is 0.238. The van der Waals surface area contributed by atoms with Crippen molar-refractivity contribution in [2.75, 3.05) is 11.3 Å². The first-order chi connectivity index (χ1) is 16.0. The minimum atomic E-state index is -4.49. The number of hydrogen-bond donors (Lipinski definition) is 1. The SMILES string of the molecule is O=S(=O)(Nc1ncns1)c1cc(F)c(CN2CC=C(C(F)(F)F)C[C@H]2c2ccccc2)cc1F. The molecule has 0 saturated heterocycles. The molecule has 180 valence electrons. The van der Waals surface area contributed by atoms with Crippen LogP contribution >= 0.6 is 11.5 Å². The van der Waals surface area contributed by atoms with E-state index in [2.05, 4.69) is 9.36 Å². The summed E-state index contributed by atoms with van der Waals surface area (Å²) in [5.74, 6) is -2.20. The van der Waals surface area contributed by atoms with Crippen LogP contribution in [-0.2, 0) is 16.6 Å². The Bertz CT molecular complexity index is 1300. The van der Waals surface area contributed by atoms with E-state index < -0.39 is 44.3 Å². The van der Waals surface area contributed by atoms with E-state index in [1.807, 2.05) is 4.72 Å². The Labute approximate surface area is 196 Å². The monoisotopic (exact) mass is 516 g/mol. The molecule has 1 atom stereocenters. The summed E-state index contributed by atoms with van der Waals surface area (Å²) in [6, 6.07) is 9.00. The fourth-order valence-electron chi connectivity index (χ4n) is 3.69. The quantitative estimate of drug-likeness (QED) is 0.367. The molecular formula is C21H17F5N4O2S2. The van der Waals surface area contributed by atoms with Crippen LogP contribution in [0.15, 0.2) is 65.3 Å². The lowest BCUT2D eigenvalue weighted by Crippen LogP contribution is -2.35. The van der Waals surface area contributed by atoms with Gasteiger partial charge in [0.25, 0.3) is 10.0 Å². The van der Waals surface area contributed by atoms with E-state index >= 15 is 0 Å². The third-order valence-corrected chi connectivity index (χ3v) is 7.38. The highest BCUT2D eigenvalue weighted by atomic mass is 32.2. The van der Waals surface area contributed by atoms with Gasteiger partial charge in [-0.05, 0) is 24.1 Å². The molecule has 1 aliphatic rings. The third kappa shape index (κ3) is 5.26. The third-order valence-electron chi connectivity index (χ3n) is 5.32. The molecule has 1 aliphatic heterocycles. The van der Waals surface area contributed by atoms with E-state index in [4.69, 9.17) is 0 Å². The van der Waals surface area contributed by atoms with Crippen LogP contribution in [0.4, 0.5) is 27.1 Å². The Morgan fingerprint density at radius 2 is 1.85 bits per heavy atom. The molecule has 0 bridgehead atoms. The molecule has 0 amide bonds. The molecule has 13 heteroatoms. The summed E-state index contributed by atoms with van der Waals surface area (Å²) in [5.41, 5.74) is -0.274. The van der Waals surface area contributed by atoms with Gasteiger partial charge in [-0.2, -0.15) is 17.5 Å². The molecule has 1 N–H and O–H groups in total. The molecule has 2 heterocycles. The Hall–Kier alpha value is -2.90. The van der Waals surface area contributed by atoms with Gasteiger partial charge >= 0.3 is 6.18 Å². The summed E-state index contributed by atoms with van der Waals surface area (Å²) < 4.78 is 100. The van der Waals surface area contributed by atoms with Gasteiger partial charge in [0.05, 0.1) is 0 Å². The van der Waals surface area contributed by atoms with Crippen molar-refractivity contribution in [1.29, 1.82) is 0 Å². The van der Waals surface area contributed by atoms with Crippen molar-refractivity contribution in [3.05, 3.63) is 83.2 Å². The normalized spacial score (nSPS) is 17.4. The fourth-order valence-corrected chi connectivity index (χ4v) is 5.42. The first kappa shape index (κ1) is 24.2. The number of rotatable bonds is 6. The van der Waals surface area contributed by atoms with Crippen molar-refractivity contribution < 1.29 is 30.4 Å². The number of alkyl halides is 3. The lowest BCUT2D eigenvalue weighted by molar-refractivity contribution is -0.0982. The zero-order valence-corrected chi connectivity index (χ0v) is 18.9. The van der Waals surface area contributed by atoms with Gasteiger partial charge in [0.1, 0.15) is 22.9 Å². The second-order valence-corrected chi connectivity index (χ2v) is 9.94. The number of nitrogens with zero attached hydrogens (tertiary/aromatic N) is 3. The summed E-state index contributed by atoms with van der Waals surface area (Å²) in [5, 5.41) is -0.116. The molecule has 6 nitrogen and oxygen atoms in total.